The Hall–Kier alpha value is -1.46. The fourth-order valence-corrected chi connectivity index (χ4v) is 1.25. The zero-order chi connectivity index (χ0) is 11.8. The highest BCUT2D eigenvalue weighted by molar-refractivity contribution is 5.36. The highest BCUT2D eigenvalue weighted by Gasteiger charge is 2.06. The lowest BCUT2D eigenvalue weighted by molar-refractivity contribution is 0.205. The smallest absolute Gasteiger partial charge is 0.147 e. The molecule has 1 N–H and O–H groups in total. The van der Waals surface area contributed by atoms with Gasteiger partial charge in [-0.3, -0.25) is 4.98 Å². The normalized spacial score (nSPS) is 10.1. The van der Waals surface area contributed by atoms with Crippen molar-refractivity contribution in [2.75, 3.05) is 31.7 Å². The summed E-state index contributed by atoms with van der Waals surface area (Å²) < 4.78 is 5.02. The number of methoxy groups -OCH3 is 1. The van der Waals surface area contributed by atoms with Crippen molar-refractivity contribution in [2.24, 2.45) is 0 Å². The number of hydrogen-bond donors (Lipinski definition) is 1. The van der Waals surface area contributed by atoms with Crippen molar-refractivity contribution in [3.05, 3.63) is 30.7 Å². The second-order valence-electron chi connectivity index (χ2n) is 3.25. The summed E-state index contributed by atoms with van der Waals surface area (Å²) in [4.78, 5) is 10.3. The third-order valence-corrected chi connectivity index (χ3v) is 2.09. The van der Waals surface area contributed by atoms with Crippen LogP contribution in [-0.4, -0.2) is 41.9 Å². The molecule has 0 spiro atoms. The Morgan fingerprint density at radius 2 is 2.31 bits per heavy atom. The predicted molar refractivity (Wildman–Crippen MR) is 62.2 cm³/mol. The van der Waals surface area contributed by atoms with Crippen molar-refractivity contribution < 1.29 is 9.84 Å². The van der Waals surface area contributed by atoms with Crippen LogP contribution in [0.4, 0.5) is 5.82 Å². The minimum absolute atomic E-state index is 0.0905. The first kappa shape index (κ1) is 12.6. The fraction of sp³-hybridized carbons (Fsp3) is 0.455. The van der Waals surface area contributed by atoms with Crippen LogP contribution in [0.5, 0.6) is 0 Å². The number of rotatable bonds is 7. The molecule has 5 nitrogen and oxygen atoms in total. The van der Waals surface area contributed by atoms with E-state index in [0.29, 0.717) is 18.8 Å². The van der Waals surface area contributed by atoms with Crippen LogP contribution in [0, 0.1) is 0 Å². The zero-order valence-electron chi connectivity index (χ0n) is 9.46. The summed E-state index contributed by atoms with van der Waals surface area (Å²) in [5, 5.41) is 8.86. The van der Waals surface area contributed by atoms with Crippen molar-refractivity contribution in [3.63, 3.8) is 0 Å². The van der Waals surface area contributed by atoms with E-state index in [1.165, 1.54) is 0 Å². The van der Waals surface area contributed by atoms with E-state index in [9.17, 15) is 0 Å². The molecule has 0 fully saturated rings. The summed E-state index contributed by atoms with van der Waals surface area (Å²) in [5.41, 5.74) is 0.564. The molecule has 0 saturated carbocycles. The van der Waals surface area contributed by atoms with Crippen molar-refractivity contribution >= 4 is 5.82 Å². The van der Waals surface area contributed by atoms with Crippen molar-refractivity contribution in [1.29, 1.82) is 0 Å². The Bertz CT molecular complexity index is 314. The lowest BCUT2D eigenvalue weighted by atomic mass is 10.4. The van der Waals surface area contributed by atoms with Crippen LogP contribution >= 0.6 is 0 Å². The second kappa shape index (κ2) is 6.92. The van der Waals surface area contributed by atoms with E-state index in [1.807, 2.05) is 4.90 Å². The molecule has 16 heavy (non-hydrogen) atoms. The van der Waals surface area contributed by atoms with E-state index >= 15 is 0 Å². The average molecular weight is 223 g/mol. The quantitative estimate of drug-likeness (QED) is 0.686. The highest BCUT2D eigenvalue weighted by Crippen LogP contribution is 2.08. The molecular weight excluding hydrogens is 206 g/mol. The maximum atomic E-state index is 8.86. The molecule has 0 amide bonds. The molecule has 0 radical (unpaired) electrons. The maximum absolute atomic E-state index is 8.86. The van der Waals surface area contributed by atoms with Crippen LogP contribution in [0.3, 0.4) is 0 Å². The monoisotopic (exact) mass is 223 g/mol. The maximum Gasteiger partial charge on any atom is 0.147 e. The van der Waals surface area contributed by atoms with Gasteiger partial charge in [0.15, 0.2) is 0 Å². The lowest BCUT2D eigenvalue weighted by Gasteiger charge is -2.21. The topological polar surface area (TPSA) is 58.5 Å². The molecule has 0 aliphatic heterocycles. The third kappa shape index (κ3) is 3.60. The Labute approximate surface area is 95.4 Å². The summed E-state index contributed by atoms with van der Waals surface area (Å²) in [7, 11) is 1.66. The van der Waals surface area contributed by atoms with Crippen molar-refractivity contribution in [3.8, 4) is 0 Å². The van der Waals surface area contributed by atoms with E-state index in [-0.39, 0.29) is 6.61 Å². The van der Waals surface area contributed by atoms with Gasteiger partial charge in [0.05, 0.1) is 31.3 Å². The molecule has 0 saturated heterocycles. The molecule has 0 aliphatic carbocycles. The Morgan fingerprint density at radius 1 is 1.50 bits per heavy atom. The molecule has 0 aromatic carbocycles. The van der Waals surface area contributed by atoms with Crippen LogP contribution in [0.2, 0.25) is 0 Å². The van der Waals surface area contributed by atoms with E-state index in [4.69, 9.17) is 9.84 Å². The Balaban J connectivity index is 2.70. The standard InChI is InChI=1S/C11H17N3O2/c1-3-4-14(5-6-16-2)11-8-12-10(9-15)7-13-11/h3,7-8,15H,1,4-6,9H2,2H3. The number of aliphatic hydroxyl groups excluding tert-OH is 1. The van der Waals surface area contributed by atoms with Crippen LogP contribution in [0.15, 0.2) is 25.0 Å². The largest absolute Gasteiger partial charge is 0.390 e. The van der Waals surface area contributed by atoms with Gasteiger partial charge in [-0.2, -0.15) is 0 Å². The average Bonchev–Trinajstić information content (AvgIpc) is 2.35. The van der Waals surface area contributed by atoms with Crippen molar-refractivity contribution in [1.82, 2.24) is 9.97 Å². The van der Waals surface area contributed by atoms with E-state index in [0.717, 1.165) is 12.4 Å². The predicted octanol–water partition coefficient (Wildman–Crippen LogP) is 0.608. The lowest BCUT2D eigenvalue weighted by Crippen LogP contribution is -2.28. The molecule has 0 unspecified atom stereocenters. The first-order valence-corrected chi connectivity index (χ1v) is 5.08. The van der Waals surface area contributed by atoms with E-state index in [1.54, 1.807) is 25.6 Å². The van der Waals surface area contributed by atoms with Gasteiger partial charge in [-0.25, -0.2) is 4.98 Å². The molecular formula is C11H17N3O2. The molecule has 1 aromatic rings. The first-order valence-electron chi connectivity index (χ1n) is 5.08. The van der Waals surface area contributed by atoms with Gasteiger partial charge in [-0.15, -0.1) is 6.58 Å². The first-order chi connectivity index (χ1) is 7.81. The molecule has 88 valence electrons. The van der Waals surface area contributed by atoms with Crippen molar-refractivity contribution in [2.45, 2.75) is 6.61 Å². The van der Waals surface area contributed by atoms with Crippen LogP contribution in [0.25, 0.3) is 0 Å². The Kier molecular flexibility index (Phi) is 5.45. The fourth-order valence-electron chi connectivity index (χ4n) is 1.25. The minimum atomic E-state index is -0.0905. The van der Waals surface area contributed by atoms with Gasteiger partial charge in [-0.05, 0) is 0 Å². The van der Waals surface area contributed by atoms with Gasteiger partial charge < -0.3 is 14.7 Å². The number of ether oxygens (including phenoxy) is 1. The van der Waals surface area contributed by atoms with Gasteiger partial charge in [0, 0.05) is 20.2 Å². The Morgan fingerprint density at radius 3 is 2.81 bits per heavy atom. The minimum Gasteiger partial charge on any atom is -0.390 e. The number of aliphatic hydroxyl groups is 1. The SMILES string of the molecule is C=CCN(CCOC)c1cnc(CO)cn1. The van der Waals surface area contributed by atoms with Gasteiger partial charge in [-0.1, -0.05) is 6.08 Å². The summed E-state index contributed by atoms with van der Waals surface area (Å²) in [6, 6.07) is 0. The van der Waals surface area contributed by atoms with Gasteiger partial charge in [0.2, 0.25) is 0 Å². The summed E-state index contributed by atoms with van der Waals surface area (Å²) in [6.07, 6.45) is 5.01. The van der Waals surface area contributed by atoms with Crippen LogP contribution in [0.1, 0.15) is 5.69 Å². The molecule has 0 atom stereocenters. The number of anilines is 1. The van der Waals surface area contributed by atoms with E-state index in [2.05, 4.69) is 16.5 Å². The molecule has 1 rings (SSSR count). The third-order valence-electron chi connectivity index (χ3n) is 2.09. The molecule has 1 heterocycles. The second-order valence-corrected chi connectivity index (χ2v) is 3.25. The van der Waals surface area contributed by atoms with Gasteiger partial charge in [0.25, 0.3) is 0 Å². The number of nitrogens with zero attached hydrogens (tertiary/aromatic N) is 3. The highest BCUT2D eigenvalue weighted by atomic mass is 16.5. The summed E-state index contributed by atoms with van der Waals surface area (Å²) >= 11 is 0. The zero-order valence-corrected chi connectivity index (χ0v) is 9.46. The molecule has 1 aromatic heterocycles. The molecule has 0 aliphatic rings. The molecule has 5 heteroatoms. The van der Waals surface area contributed by atoms with E-state index < -0.39 is 0 Å². The van der Waals surface area contributed by atoms with Gasteiger partial charge >= 0.3 is 0 Å². The van der Waals surface area contributed by atoms with Gasteiger partial charge in [0.1, 0.15) is 5.82 Å². The summed E-state index contributed by atoms with van der Waals surface area (Å²) in [5.74, 6) is 0.758. The number of aromatic nitrogens is 2. The van der Waals surface area contributed by atoms with Crippen LogP contribution in [-0.2, 0) is 11.3 Å². The van der Waals surface area contributed by atoms with Crippen LogP contribution < -0.4 is 4.90 Å². The summed E-state index contributed by atoms with van der Waals surface area (Å²) in [6.45, 7) is 5.65. The number of hydrogen-bond acceptors (Lipinski definition) is 5. The molecule has 0 bridgehead atoms.